The largest absolute Gasteiger partial charge is 0.374 e. The zero-order chi connectivity index (χ0) is 16.8. The normalized spacial score (nSPS) is 18.7. The smallest absolute Gasteiger partial charge is 0.151 e. The van der Waals surface area contributed by atoms with Gasteiger partial charge < -0.3 is 9.64 Å². The van der Waals surface area contributed by atoms with Gasteiger partial charge in [-0.3, -0.25) is 9.58 Å². The molecule has 0 spiro atoms. The molecule has 24 heavy (non-hydrogen) atoms. The van der Waals surface area contributed by atoms with Crippen molar-refractivity contribution < 1.29 is 4.74 Å². The second kappa shape index (κ2) is 8.21. The quantitative estimate of drug-likeness (QED) is 0.754. The van der Waals surface area contributed by atoms with E-state index in [0.717, 1.165) is 51.6 Å². The molecule has 1 fully saturated rings. The van der Waals surface area contributed by atoms with Crippen LogP contribution in [-0.2, 0) is 18.2 Å². The highest BCUT2D eigenvalue weighted by molar-refractivity contribution is 5.36. The van der Waals surface area contributed by atoms with Crippen LogP contribution in [0.2, 0.25) is 0 Å². The minimum atomic E-state index is 0.203. The van der Waals surface area contributed by atoms with Crippen LogP contribution in [0.25, 0.3) is 0 Å². The van der Waals surface area contributed by atoms with Crippen molar-refractivity contribution >= 4 is 5.82 Å². The van der Waals surface area contributed by atoms with E-state index in [2.05, 4.69) is 38.2 Å². The molecule has 130 valence electrons. The predicted molar refractivity (Wildman–Crippen MR) is 93.0 cm³/mol. The van der Waals surface area contributed by atoms with Crippen LogP contribution < -0.4 is 4.90 Å². The molecule has 1 saturated heterocycles. The highest BCUT2D eigenvalue weighted by Gasteiger charge is 2.23. The molecule has 3 rings (SSSR count). The van der Waals surface area contributed by atoms with Crippen LogP contribution in [0.1, 0.15) is 12.5 Å². The van der Waals surface area contributed by atoms with Crippen molar-refractivity contribution in [1.29, 1.82) is 0 Å². The molecule has 1 aliphatic heterocycles. The third kappa shape index (κ3) is 4.52. The van der Waals surface area contributed by atoms with Gasteiger partial charge in [0.15, 0.2) is 5.82 Å². The van der Waals surface area contributed by atoms with Crippen molar-refractivity contribution in [3.63, 3.8) is 0 Å². The van der Waals surface area contributed by atoms with E-state index >= 15 is 0 Å². The molecule has 2 aromatic heterocycles. The standard InChI is InChI=1S/C17H26N6O/c1-3-23(17-5-4-7-18-20-17)14-16-13-22(9-10-24-16)8-6-15-11-19-21(2)12-15/h4-5,7,11-12,16H,3,6,8-10,13-14H2,1-2H3. The minimum Gasteiger partial charge on any atom is -0.374 e. The van der Waals surface area contributed by atoms with Crippen molar-refractivity contribution in [3.05, 3.63) is 36.3 Å². The number of rotatable bonds is 7. The second-order valence-electron chi connectivity index (χ2n) is 6.19. The number of hydrogen-bond acceptors (Lipinski definition) is 6. The lowest BCUT2D eigenvalue weighted by Crippen LogP contribution is -2.48. The Morgan fingerprint density at radius 1 is 1.42 bits per heavy atom. The van der Waals surface area contributed by atoms with E-state index < -0.39 is 0 Å². The Kier molecular flexibility index (Phi) is 5.77. The zero-order valence-electron chi connectivity index (χ0n) is 14.5. The monoisotopic (exact) mass is 330 g/mol. The van der Waals surface area contributed by atoms with Crippen LogP contribution in [0.3, 0.4) is 0 Å². The molecule has 0 aliphatic carbocycles. The van der Waals surface area contributed by atoms with Gasteiger partial charge in [0.25, 0.3) is 0 Å². The zero-order valence-corrected chi connectivity index (χ0v) is 14.5. The summed E-state index contributed by atoms with van der Waals surface area (Å²) in [6.07, 6.45) is 6.97. The lowest BCUT2D eigenvalue weighted by Gasteiger charge is -2.35. The summed E-state index contributed by atoms with van der Waals surface area (Å²) < 4.78 is 7.83. The molecular formula is C17H26N6O. The summed E-state index contributed by atoms with van der Waals surface area (Å²) in [4.78, 5) is 4.70. The molecule has 0 aromatic carbocycles. The van der Waals surface area contributed by atoms with Gasteiger partial charge >= 0.3 is 0 Å². The molecule has 1 aliphatic rings. The van der Waals surface area contributed by atoms with Crippen LogP contribution in [0.5, 0.6) is 0 Å². The van der Waals surface area contributed by atoms with E-state index in [1.54, 1.807) is 6.20 Å². The summed E-state index contributed by atoms with van der Waals surface area (Å²) >= 11 is 0. The second-order valence-corrected chi connectivity index (χ2v) is 6.19. The number of morpholine rings is 1. The molecule has 0 N–H and O–H groups in total. The van der Waals surface area contributed by atoms with E-state index in [1.165, 1.54) is 5.56 Å². The fourth-order valence-electron chi connectivity index (χ4n) is 3.07. The first kappa shape index (κ1) is 16.9. The third-order valence-corrected chi connectivity index (χ3v) is 4.39. The number of likely N-dealkylation sites (N-methyl/N-ethyl adjacent to an activating group) is 1. The topological polar surface area (TPSA) is 59.3 Å². The maximum absolute atomic E-state index is 5.97. The van der Waals surface area contributed by atoms with E-state index in [1.807, 2.05) is 30.1 Å². The Labute approximate surface area is 143 Å². The van der Waals surface area contributed by atoms with E-state index in [0.29, 0.717) is 0 Å². The molecule has 0 saturated carbocycles. The van der Waals surface area contributed by atoms with Crippen LogP contribution >= 0.6 is 0 Å². The number of anilines is 1. The van der Waals surface area contributed by atoms with Crippen molar-refractivity contribution in [1.82, 2.24) is 24.9 Å². The summed E-state index contributed by atoms with van der Waals surface area (Å²) in [5.41, 5.74) is 1.29. The van der Waals surface area contributed by atoms with Crippen molar-refractivity contribution in [2.75, 3.05) is 44.2 Å². The van der Waals surface area contributed by atoms with Crippen molar-refractivity contribution in [3.8, 4) is 0 Å². The van der Waals surface area contributed by atoms with Crippen molar-refractivity contribution in [2.24, 2.45) is 7.05 Å². The molecule has 1 unspecified atom stereocenters. The lowest BCUT2D eigenvalue weighted by atomic mass is 10.2. The van der Waals surface area contributed by atoms with Crippen LogP contribution in [-0.4, -0.2) is 70.3 Å². The van der Waals surface area contributed by atoms with Gasteiger partial charge in [0.05, 0.1) is 18.9 Å². The van der Waals surface area contributed by atoms with Gasteiger partial charge in [0.1, 0.15) is 0 Å². The first-order chi connectivity index (χ1) is 11.7. The van der Waals surface area contributed by atoms with Gasteiger partial charge in [0.2, 0.25) is 0 Å². The summed E-state index contributed by atoms with van der Waals surface area (Å²) in [7, 11) is 1.96. The summed E-state index contributed by atoms with van der Waals surface area (Å²) in [5.74, 6) is 0.913. The molecule has 0 amide bonds. The summed E-state index contributed by atoms with van der Waals surface area (Å²) in [5, 5.41) is 12.4. The highest BCUT2D eigenvalue weighted by Crippen LogP contribution is 2.13. The maximum Gasteiger partial charge on any atom is 0.151 e. The van der Waals surface area contributed by atoms with E-state index in [9.17, 15) is 0 Å². The molecule has 0 radical (unpaired) electrons. The first-order valence-electron chi connectivity index (χ1n) is 8.58. The molecule has 1 atom stereocenters. The van der Waals surface area contributed by atoms with E-state index in [4.69, 9.17) is 4.74 Å². The molecular weight excluding hydrogens is 304 g/mol. The Hall–Kier alpha value is -1.99. The number of ether oxygens (including phenoxy) is 1. The summed E-state index contributed by atoms with van der Waals surface area (Å²) in [6.45, 7) is 7.66. The Bertz CT molecular complexity index is 617. The van der Waals surface area contributed by atoms with Crippen LogP contribution in [0.15, 0.2) is 30.7 Å². The molecule has 2 aromatic rings. The summed E-state index contributed by atoms with van der Waals surface area (Å²) in [6, 6.07) is 3.92. The predicted octanol–water partition coefficient (Wildman–Crippen LogP) is 0.980. The van der Waals surface area contributed by atoms with Gasteiger partial charge in [0, 0.05) is 52.2 Å². The number of aromatic nitrogens is 4. The Morgan fingerprint density at radius 3 is 3.04 bits per heavy atom. The number of nitrogens with zero attached hydrogens (tertiary/aromatic N) is 6. The SMILES string of the molecule is CCN(CC1CN(CCc2cnn(C)c2)CCO1)c1cccnn1. The van der Waals surface area contributed by atoms with Crippen molar-refractivity contribution in [2.45, 2.75) is 19.4 Å². The van der Waals surface area contributed by atoms with Crippen LogP contribution in [0.4, 0.5) is 5.82 Å². The van der Waals surface area contributed by atoms with Gasteiger partial charge in [-0.2, -0.15) is 10.2 Å². The Balaban J connectivity index is 1.51. The van der Waals surface area contributed by atoms with Gasteiger partial charge in [-0.1, -0.05) is 0 Å². The Morgan fingerprint density at radius 2 is 2.33 bits per heavy atom. The molecule has 0 bridgehead atoms. The maximum atomic E-state index is 5.97. The van der Waals surface area contributed by atoms with Gasteiger partial charge in [-0.25, -0.2) is 0 Å². The van der Waals surface area contributed by atoms with Gasteiger partial charge in [-0.15, -0.1) is 5.10 Å². The highest BCUT2D eigenvalue weighted by atomic mass is 16.5. The third-order valence-electron chi connectivity index (χ3n) is 4.39. The first-order valence-corrected chi connectivity index (χ1v) is 8.58. The molecule has 7 heteroatoms. The minimum absolute atomic E-state index is 0.203. The average Bonchev–Trinajstić information content (AvgIpc) is 3.04. The lowest BCUT2D eigenvalue weighted by molar-refractivity contribution is -0.0234. The van der Waals surface area contributed by atoms with Crippen LogP contribution in [0, 0.1) is 0 Å². The number of hydrogen-bond donors (Lipinski definition) is 0. The molecule has 3 heterocycles. The number of aryl methyl sites for hydroxylation is 1. The molecule has 7 nitrogen and oxygen atoms in total. The fourth-order valence-corrected chi connectivity index (χ4v) is 3.07. The van der Waals surface area contributed by atoms with Gasteiger partial charge in [-0.05, 0) is 31.0 Å². The average molecular weight is 330 g/mol. The van der Waals surface area contributed by atoms with E-state index in [-0.39, 0.29) is 6.10 Å². The fraction of sp³-hybridized carbons (Fsp3) is 0.588.